The van der Waals surface area contributed by atoms with Gasteiger partial charge in [-0.3, -0.25) is 4.79 Å². The van der Waals surface area contributed by atoms with Crippen molar-refractivity contribution in [2.45, 2.75) is 6.42 Å². The van der Waals surface area contributed by atoms with Crippen LogP contribution in [0.1, 0.15) is 5.56 Å². The first-order valence-corrected chi connectivity index (χ1v) is 3.76. The van der Waals surface area contributed by atoms with Gasteiger partial charge in [-0.15, -0.1) is 0 Å². The molecule has 3 nitrogen and oxygen atoms in total. The summed E-state index contributed by atoms with van der Waals surface area (Å²) in [7, 11) is 0. The summed E-state index contributed by atoms with van der Waals surface area (Å²) < 4.78 is 4.79. The van der Waals surface area contributed by atoms with E-state index < -0.39 is 0 Å². The molecule has 0 unspecified atom stereocenters. The van der Waals surface area contributed by atoms with E-state index in [0.29, 0.717) is 5.75 Å². The lowest BCUT2D eigenvalue weighted by Gasteiger charge is -1.99. The summed E-state index contributed by atoms with van der Waals surface area (Å²) in [5.74, 6) is 0.0266. The quantitative estimate of drug-likeness (QED) is 0.491. The Hall–Kier alpha value is -1.22. The molecule has 2 rings (SSSR count). The molecule has 1 aliphatic rings. The van der Waals surface area contributed by atoms with Crippen LogP contribution in [0.5, 0.6) is 11.5 Å². The van der Waals surface area contributed by atoms with E-state index in [2.05, 4.69) is 0 Å². The highest BCUT2D eigenvalue weighted by Crippen LogP contribution is 2.35. The van der Waals surface area contributed by atoms with Crippen LogP contribution in [0.4, 0.5) is 0 Å². The second kappa shape index (κ2) is 2.38. The highest BCUT2D eigenvalue weighted by molar-refractivity contribution is 6.32. The summed E-state index contributed by atoms with van der Waals surface area (Å²) in [6.07, 6.45) is 0.231. The van der Waals surface area contributed by atoms with Crippen LogP contribution in [0.2, 0.25) is 5.02 Å². The Morgan fingerprint density at radius 2 is 2.25 bits per heavy atom. The highest BCUT2D eigenvalue weighted by atomic mass is 35.5. The lowest BCUT2D eigenvalue weighted by molar-refractivity contribution is -0.131. The molecule has 62 valence electrons. The van der Waals surface area contributed by atoms with Gasteiger partial charge in [0, 0.05) is 11.6 Å². The molecule has 0 radical (unpaired) electrons. The van der Waals surface area contributed by atoms with Crippen LogP contribution in [0, 0.1) is 0 Å². The summed E-state index contributed by atoms with van der Waals surface area (Å²) in [4.78, 5) is 10.8. The molecule has 1 N–H and O–H groups in total. The van der Waals surface area contributed by atoms with E-state index in [4.69, 9.17) is 21.4 Å². The maximum absolute atomic E-state index is 10.8. The third-order valence-corrected chi connectivity index (χ3v) is 1.99. The SMILES string of the molecule is O=C1Cc2cc(Cl)c(O)cc2O1. The molecule has 0 amide bonds. The lowest BCUT2D eigenvalue weighted by atomic mass is 10.1. The number of carbonyl (C=O) groups excluding carboxylic acids is 1. The van der Waals surface area contributed by atoms with Gasteiger partial charge in [0.25, 0.3) is 0 Å². The molecular formula is C8H5ClO3. The Balaban J connectivity index is 2.55. The first kappa shape index (κ1) is 7.43. The van der Waals surface area contributed by atoms with Crippen molar-refractivity contribution >= 4 is 17.6 Å². The number of esters is 1. The maximum atomic E-state index is 10.8. The summed E-state index contributed by atoms with van der Waals surface area (Å²) in [5, 5.41) is 9.39. The van der Waals surface area contributed by atoms with Crippen LogP contribution >= 0.6 is 11.6 Å². The minimum atomic E-state index is -0.313. The molecule has 1 heterocycles. The number of aromatic hydroxyl groups is 1. The van der Waals surface area contributed by atoms with Gasteiger partial charge in [-0.1, -0.05) is 11.6 Å². The lowest BCUT2D eigenvalue weighted by Crippen LogP contribution is -2.00. The van der Waals surface area contributed by atoms with E-state index in [1.807, 2.05) is 0 Å². The Morgan fingerprint density at radius 1 is 1.50 bits per heavy atom. The topological polar surface area (TPSA) is 46.5 Å². The third-order valence-electron chi connectivity index (χ3n) is 1.69. The van der Waals surface area contributed by atoms with Crippen molar-refractivity contribution in [3.63, 3.8) is 0 Å². The Bertz CT molecular complexity index is 327. The van der Waals surface area contributed by atoms with Crippen LogP contribution < -0.4 is 4.74 Å². The zero-order valence-electron chi connectivity index (χ0n) is 6.00. The second-order valence-electron chi connectivity index (χ2n) is 2.56. The zero-order chi connectivity index (χ0) is 8.72. The zero-order valence-corrected chi connectivity index (χ0v) is 6.76. The average molecular weight is 185 g/mol. The number of hydrogen-bond acceptors (Lipinski definition) is 3. The number of fused-ring (bicyclic) bond motifs is 1. The van der Waals surface area contributed by atoms with Crippen molar-refractivity contribution in [1.82, 2.24) is 0 Å². The van der Waals surface area contributed by atoms with Crippen LogP contribution in [-0.2, 0) is 11.2 Å². The minimum Gasteiger partial charge on any atom is -0.506 e. The number of rotatable bonds is 0. The molecule has 0 aliphatic carbocycles. The fourth-order valence-electron chi connectivity index (χ4n) is 1.13. The van der Waals surface area contributed by atoms with Crippen LogP contribution in [0.15, 0.2) is 12.1 Å². The fourth-order valence-corrected chi connectivity index (χ4v) is 1.32. The highest BCUT2D eigenvalue weighted by Gasteiger charge is 2.21. The monoisotopic (exact) mass is 184 g/mol. The standard InChI is InChI=1S/C8H5ClO3/c9-5-1-4-2-8(11)12-7(4)3-6(5)10/h1,3,10H,2H2. The van der Waals surface area contributed by atoms with Gasteiger partial charge in [0.2, 0.25) is 0 Å². The van der Waals surface area contributed by atoms with E-state index in [9.17, 15) is 4.79 Å². The van der Waals surface area contributed by atoms with Crippen molar-refractivity contribution in [2.24, 2.45) is 0 Å². The van der Waals surface area contributed by atoms with Gasteiger partial charge in [-0.05, 0) is 6.07 Å². The molecule has 4 heteroatoms. The average Bonchev–Trinajstić information content (AvgIpc) is 2.30. The summed E-state index contributed by atoms with van der Waals surface area (Å²) in [6, 6.07) is 2.89. The summed E-state index contributed by atoms with van der Waals surface area (Å²) in [5.41, 5.74) is 0.725. The molecule has 0 saturated heterocycles. The largest absolute Gasteiger partial charge is 0.506 e. The number of benzene rings is 1. The van der Waals surface area contributed by atoms with E-state index in [-0.39, 0.29) is 23.2 Å². The molecule has 1 aliphatic heterocycles. The number of carbonyl (C=O) groups is 1. The molecule has 0 bridgehead atoms. The minimum absolute atomic E-state index is 0.0647. The first-order valence-electron chi connectivity index (χ1n) is 3.39. The van der Waals surface area contributed by atoms with Gasteiger partial charge < -0.3 is 9.84 Å². The number of ether oxygens (including phenoxy) is 1. The van der Waals surface area contributed by atoms with Gasteiger partial charge in [0.15, 0.2) is 0 Å². The molecular weight excluding hydrogens is 180 g/mol. The molecule has 0 spiro atoms. The number of halogens is 1. The maximum Gasteiger partial charge on any atom is 0.315 e. The van der Waals surface area contributed by atoms with E-state index in [1.165, 1.54) is 12.1 Å². The smallest absolute Gasteiger partial charge is 0.315 e. The van der Waals surface area contributed by atoms with Crippen molar-refractivity contribution in [3.05, 3.63) is 22.7 Å². The predicted octanol–water partition coefficient (Wildman–Crippen LogP) is 1.51. The second-order valence-corrected chi connectivity index (χ2v) is 2.97. The normalized spacial score (nSPS) is 14.2. The van der Waals surface area contributed by atoms with Crippen LogP contribution in [0.3, 0.4) is 0 Å². The molecule has 0 saturated carbocycles. The van der Waals surface area contributed by atoms with Crippen molar-refractivity contribution in [1.29, 1.82) is 0 Å². The Labute approximate surface area is 73.5 Å². The van der Waals surface area contributed by atoms with E-state index in [0.717, 1.165) is 5.56 Å². The van der Waals surface area contributed by atoms with Gasteiger partial charge >= 0.3 is 5.97 Å². The van der Waals surface area contributed by atoms with E-state index >= 15 is 0 Å². The van der Waals surface area contributed by atoms with Crippen molar-refractivity contribution in [3.8, 4) is 11.5 Å². The number of phenolic OH excluding ortho intramolecular Hbond substituents is 1. The molecule has 0 fully saturated rings. The van der Waals surface area contributed by atoms with E-state index in [1.54, 1.807) is 0 Å². The van der Waals surface area contributed by atoms with Gasteiger partial charge in [0.1, 0.15) is 11.5 Å². The summed E-state index contributed by atoms with van der Waals surface area (Å²) >= 11 is 5.62. The molecule has 1 aromatic carbocycles. The predicted molar refractivity (Wildman–Crippen MR) is 42.5 cm³/mol. The van der Waals surface area contributed by atoms with Crippen molar-refractivity contribution in [2.75, 3.05) is 0 Å². The van der Waals surface area contributed by atoms with Crippen LogP contribution in [-0.4, -0.2) is 11.1 Å². The van der Waals surface area contributed by atoms with Crippen molar-refractivity contribution < 1.29 is 14.6 Å². The first-order chi connectivity index (χ1) is 5.66. The van der Waals surface area contributed by atoms with Crippen LogP contribution in [0.25, 0.3) is 0 Å². The third kappa shape index (κ3) is 1.02. The Morgan fingerprint density at radius 3 is 3.00 bits per heavy atom. The Kier molecular flexibility index (Phi) is 1.48. The van der Waals surface area contributed by atoms with Gasteiger partial charge in [-0.25, -0.2) is 0 Å². The van der Waals surface area contributed by atoms with Gasteiger partial charge in [0.05, 0.1) is 11.4 Å². The molecule has 12 heavy (non-hydrogen) atoms. The molecule has 1 aromatic rings. The fraction of sp³-hybridized carbons (Fsp3) is 0.125. The molecule has 0 atom stereocenters. The van der Waals surface area contributed by atoms with Gasteiger partial charge in [-0.2, -0.15) is 0 Å². The molecule has 0 aromatic heterocycles. The summed E-state index contributed by atoms with van der Waals surface area (Å²) in [6.45, 7) is 0. The number of hydrogen-bond donors (Lipinski definition) is 1. The number of phenols is 1.